The summed E-state index contributed by atoms with van der Waals surface area (Å²) in [7, 11) is 0. The van der Waals surface area contributed by atoms with Crippen LogP contribution in [0.3, 0.4) is 0 Å². The van der Waals surface area contributed by atoms with Gasteiger partial charge in [-0.25, -0.2) is 4.98 Å². The molecule has 0 aromatic carbocycles. The molecule has 1 aromatic rings. The third-order valence-electron chi connectivity index (χ3n) is 2.99. The van der Waals surface area contributed by atoms with Gasteiger partial charge in [0, 0.05) is 5.54 Å². The molecule has 0 radical (unpaired) electrons. The van der Waals surface area contributed by atoms with Crippen LogP contribution in [0.25, 0.3) is 6.08 Å². The van der Waals surface area contributed by atoms with E-state index in [2.05, 4.69) is 17.3 Å². The van der Waals surface area contributed by atoms with Crippen molar-refractivity contribution in [3.05, 3.63) is 29.5 Å². The molecule has 1 atom stereocenters. The van der Waals surface area contributed by atoms with E-state index in [1.54, 1.807) is 0 Å². The topological polar surface area (TPSA) is 64.9 Å². The van der Waals surface area contributed by atoms with Gasteiger partial charge in [0.25, 0.3) is 0 Å². The average molecular weight is 235 g/mol. The Balaban J connectivity index is 2.36. The molecule has 16 heavy (non-hydrogen) atoms. The van der Waals surface area contributed by atoms with Crippen LogP contribution in [0.5, 0.6) is 0 Å². The third-order valence-corrected chi connectivity index (χ3v) is 3.61. The quantitative estimate of drug-likeness (QED) is 0.841. The van der Waals surface area contributed by atoms with Crippen molar-refractivity contribution in [3.63, 3.8) is 0 Å². The molecule has 0 bridgehead atoms. The van der Waals surface area contributed by atoms with Crippen molar-refractivity contribution < 1.29 is 0 Å². The Morgan fingerprint density at radius 1 is 1.50 bits per heavy atom. The van der Waals surface area contributed by atoms with Gasteiger partial charge >= 0.3 is 0 Å². The number of nitrogens with zero attached hydrogens (tertiary/aromatic N) is 1. The molecule has 4 heteroatoms. The van der Waals surface area contributed by atoms with E-state index in [0.29, 0.717) is 5.82 Å². The zero-order valence-electron chi connectivity index (χ0n) is 9.44. The summed E-state index contributed by atoms with van der Waals surface area (Å²) in [5.74, 6) is 1.62. The van der Waals surface area contributed by atoms with Crippen molar-refractivity contribution in [3.8, 4) is 0 Å². The molecule has 1 aliphatic carbocycles. The molecule has 0 fully saturated rings. The zero-order valence-corrected chi connectivity index (χ0v) is 10.3. The number of pyridine rings is 1. The number of nitrogens with two attached hydrogens (primary N) is 2. The van der Waals surface area contributed by atoms with Crippen LogP contribution in [0.1, 0.15) is 24.1 Å². The summed E-state index contributed by atoms with van der Waals surface area (Å²) in [6.07, 6.45) is 8.05. The van der Waals surface area contributed by atoms with Gasteiger partial charge in [0.15, 0.2) is 0 Å². The van der Waals surface area contributed by atoms with Gasteiger partial charge in [0.05, 0.1) is 5.69 Å². The van der Waals surface area contributed by atoms with E-state index in [9.17, 15) is 0 Å². The minimum absolute atomic E-state index is 0.270. The Morgan fingerprint density at radius 2 is 2.31 bits per heavy atom. The van der Waals surface area contributed by atoms with Gasteiger partial charge in [-0.3, -0.25) is 0 Å². The predicted molar refractivity (Wildman–Crippen MR) is 71.2 cm³/mol. The van der Waals surface area contributed by atoms with Crippen molar-refractivity contribution in [1.82, 2.24) is 4.98 Å². The largest absolute Gasteiger partial charge is 0.384 e. The lowest BCUT2D eigenvalue weighted by atomic mass is 9.81. The highest BCUT2D eigenvalue weighted by Crippen LogP contribution is 2.34. The van der Waals surface area contributed by atoms with Crippen molar-refractivity contribution in [2.45, 2.75) is 18.4 Å². The summed E-state index contributed by atoms with van der Waals surface area (Å²) in [4.78, 5) is 4.32. The normalized spacial score (nSPS) is 23.1. The van der Waals surface area contributed by atoms with Crippen LogP contribution < -0.4 is 11.5 Å². The highest BCUT2D eigenvalue weighted by molar-refractivity contribution is 7.98. The molecule has 0 amide bonds. The van der Waals surface area contributed by atoms with Crippen LogP contribution in [-0.4, -0.2) is 17.0 Å². The summed E-state index contributed by atoms with van der Waals surface area (Å²) in [5.41, 5.74) is 13.9. The standard InChI is InChI=1S/C12H17N3S/c1-16-8-7-12(14)6-2-3-10-9(12)4-5-11(13)15-10/h2-5H,6-8,14H2,1H3,(H2,13,15). The van der Waals surface area contributed by atoms with E-state index in [0.717, 1.165) is 29.9 Å². The fourth-order valence-corrected chi connectivity index (χ4v) is 2.62. The van der Waals surface area contributed by atoms with E-state index in [4.69, 9.17) is 11.5 Å². The highest BCUT2D eigenvalue weighted by Gasteiger charge is 2.30. The summed E-state index contributed by atoms with van der Waals surface area (Å²) in [6, 6.07) is 3.85. The fraction of sp³-hybridized carbons (Fsp3) is 0.417. The first-order chi connectivity index (χ1) is 7.65. The molecular formula is C12H17N3S. The van der Waals surface area contributed by atoms with Crippen LogP contribution in [-0.2, 0) is 5.54 Å². The van der Waals surface area contributed by atoms with E-state index >= 15 is 0 Å². The average Bonchev–Trinajstić information content (AvgIpc) is 2.26. The number of nitrogen functional groups attached to an aromatic ring is 1. The van der Waals surface area contributed by atoms with E-state index in [-0.39, 0.29) is 5.54 Å². The molecule has 1 aliphatic rings. The monoisotopic (exact) mass is 235 g/mol. The van der Waals surface area contributed by atoms with Gasteiger partial charge in [-0.05, 0) is 42.6 Å². The molecule has 0 spiro atoms. The first-order valence-corrected chi connectivity index (χ1v) is 6.76. The Hall–Kier alpha value is -1.00. The van der Waals surface area contributed by atoms with Crippen LogP contribution in [0, 0.1) is 0 Å². The summed E-state index contributed by atoms with van der Waals surface area (Å²) in [6.45, 7) is 0. The van der Waals surface area contributed by atoms with Crippen molar-refractivity contribution in [1.29, 1.82) is 0 Å². The lowest BCUT2D eigenvalue weighted by Gasteiger charge is -2.32. The molecule has 4 N–H and O–H groups in total. The first-order valence-electron chi connectivity index (χ1n) is 5.37. The van der Waals surface area contributed by atoms with Crippen LogP contribution in [0.15, 0.2) is 18.2 Å². The number of rotatable bonds is 3. The minimum Gasteiger partial charge on any atom is -0.384 e. The molecule has 1 aromatic heterocycles. The summed E-state index contributed by atoms with van der Waals surface area (Å²) >= 11 is 1.82. The van der Waals surface area contributed by atoms with Gasteiger partial charge in [-0.2, -0.15) is 11.8 Å². The zero-order chi connectivity index (χ0) is 11.6. The number of fused-ring (bicyclic) bond motifs is 1. The smallest absolute Gasteiger partial charge is 0.124 e. The second-order valence-electron chi connectivity index (χ2n) is 4.17. The van der Waals surface area contributed by atoms with E-state index in [1.807, 2.05) is 30.0 Å². The van der Waals surface area contributed by atoms with Gasteiger partial charge in [0.2, 0.25) is 0 Å². The molecule has 2 rings (SSSR count). The maximum absolute atomic E-state index is 6.46. The second-order valence-corrected chi connectivity index (χ2v) is 5.16. The van der Waals surface area contributed by atoms with Crippen LogP contribution >= 0.6 is 11.8 Å². The molecule has 1 unspecified atom stereocenters. The molecular weight excluding hydrogens is 218 g/mol. The predicted octanol–water partition coefficient (Wildman–Crippen LogP) is 1.99. The van der Waals surface area contributed by atoms with Gasteiger partial charge < -0.3 is 11.5 Å². The Kier molecular flexibility index (Phi) is 3.21. The minimum atomic E-state index is -0.270. The molecule has 0 saturated heterocycles. The Morgan fingerprint density at radius 3 is 3.06 bits per heavy atom. The molecule has 0 saturated carbocycles. The lowest BCUT2D eigenvalue weighted by Crippen LogP contribution is -2.39. The number of aromatic nitrogens is 1. The van der Waals surface area contributed by atoms with E-state index in [1.165, 1.54) is 0 Å². The summed E-state index contributed by atoms with van der Waals surface area (Å²) < 4.78 is 0. The lowest BCUT2D eigenvalue weighted by molar-refractivity contribution is 0.431. The molecule has 0 aliphatic heterocycles. The van der Waals surface area contributed by atoms with Crippen molar-refractivity contribution >= 4 is 23.7 Å². The van der Waals surface area contributed by atoms with Gasteiger partial charge in [-0.15, -0.1) is 0 Å². The third kappa shape index (κ3) is 2.08. The molecule has 1 heterocycles. The Bertz CT molecular complexity index is 417. The van der Waals surface area contributed by atoms with Gasteiger partial charge in [0.1, 0.15) is 5.82 Å². The van der Waals surface area contributed by atoms with Crippen molar-refractivity contribution in [2.24, 2.45) is 5.73 Å². The first kappa shape index (κ1) is 11.5. The van der Waals surface area contributed by atoms with E-state index < -0.39 is 0 Å². The van der Waals surface area contributed by atoms with Gasteiger partial charge in [-0.1, -0.05) is 12.1 Å². The molecule has 86 valence electrons. The number of hydrogen-bond donors (Lipinski definition) is 2. The SMILES string of the molecule is CSCCC1(N)CC=Cc2nc(N)ccc21. The number of anilines is 1. The van der Waals surface area contributed by atoms with Crippen molar-refractivity contribution in [2.75, 3.05) is 17.7 Å². The Labute approximate surface area is 100 Å². The second kappa shape index (κ2) is 4.47. The highest BCUT2D eigenvalue weighted by atomic mass is 32.2. The fourth-order valence-electron chi connectivity index (χ4n) is 2.05. The number of hydrogen-bond acceptors (Lipinski definition) is 4. The number of thioether (sulfide) groups is 1. The summed E-state index contributed by atoms with van der Waals surface area (Å²) in [5, 5.41) is 0. The molecule has 3 nitrogen and oxygen atoms in total. The van der Waals surface area contributed by atoms with Crippen LogP contribution in [0.2, 0.25) is 0 Å². The maximum atomic E-state index is 6.46. The maximum Gasteiger partial charge on any atom is 0.124 e. The van der Waals surface area contributed by atoms with Crippen LogP contribution in [0.4, 0.5) is 5.82 Å².